The summed E-state index contributed by atoms with van der Waals surface area (Å²) in [6.45, 7) is 4.20. The number of aromatic nitrogens is 2. The molecule has 1 aromatic heterocycles. The van der Waals surface area contributed by atoms with Gasteiger partial charge in [-0.3, -0.25) is 0 Å². The van der Waals surface area contributed by atoms with Gasteiger partial charge in [0, 0.05) is 7.05 Å². The average Bonchev–Trinajstić information content (AvgIpc) is 2.40. The number of rotatable bonds is 4. The number of benzene rings is 1. The third-order valence-electron chi connectivity index (χ3n) is 2.70. The molecule has 0 saturated heterocycles. The third-order valence-corrected chi connectivity index (χ3v) is 3.60. The summed E-state index contributed by atoms with van der Waals surface area (Å²) in [4.78, 5) is 8.51. The predicted octanol–water partition coefficient (Wildman–Crippen LogP) is 4.04. The van der Waals surface area contributed by atoms with Crippen molar-refractivity contribution in [3.05, 3.63) is 39.7 Å². The molecule has 0 amide bonds. The van der Waals surface area contributed by atoms with E-state index in [1.54, 1.807) is 0 Å². The SMILES string of the molecule is CNc1ncnc(Oc2ccccc2I)c1C(C)C. The fourth-order valence-electron chi connectivity index (χ4n) is 1.81. The van der Waals surface area contributed by atoms with Crippen LogP contribution in [0.2, 0.25) is 0 Å². The number of anilines is 1. The minimum atomic E-state index is 0.278. The highest BCUT2D eigenvalue weighted by molar-refractivity contribution is 14.1. The Bertz CT molecular complexity index is 572. The van der Waals surface area contributed by atoms with E-state index >= 15 is 0 Å². The molecule has 5 heteroatoms. The van der Waals surface area contributed by atoms with Crippen molar-refractivity contribution in [2.24, 2.45) is 0 Å². The Labute approximate surface area is 126 Å². The molecule has 0 saturated carbocycles. The largest absolute Gasteiger partial charge is 0.437 e. The topological polar surface area (TPSA) is 47.0 Å². The lowest BCUT2D eigenvalue weighted by molar-refractivity contribution is 0.449. The molecule has 0 aliphatic heterocycles. The van der Waals surface area contributed by atoms with Gasteiger partial charge in [0.25, 0.3) is 0 Å². The van der Waals surface area contributed by atoms with Crippen LogP contribution in [0.3, 0.4) is 0 Å². The summed E-state index contributed by atoms with van der Waals surface area (Å²) in [5.74, 6) is 2.51. The van der Waals surface area contributed by atoms with Crippen LogP contribution >= 0.6 is 22.6 Å². The Morgan fingerprint density at radius 3 is 2.58 bits per heavy atom. The van der Waals surface area contributed by atoms with Crippen LogP contribution in [0.15, 0.2) is 30.6 Å². The quantitative estimate of drug-likeness (QED) is 0.827. The second kappa shape index (κ2) is 6.18. The van der Waals surface area contributed by atoms with Crippen LogP contribution < -0.4 is 10.1 Å². The van der Waals surface area contributed by atoms with E-state index in [2.05, 4.69) is 51.7 Å². The number of hydrogen-bond acceptors (Lipinski definition) is 4. The highest BCUT2D eigenvalue weighted by Gasteiger charge is 2.16. The van der Waals surface area contributed by atoms with E-state index in [4.69, 9.17) is 4.74 Å². The standard InChI is InChI=1S/C14H16IN3O/c1-9(2)12-13(16-3)17-8-18-14(12)19-11-7-5-4-6-10(11)15/h4-9H,1-3H3,(H,16,17,18). The Balaban J connectivity index is 2.43. The van der Waals surface area contributed by atoms with Gasteiger partial charge < -0.3 is 10.1 Å². The van der Waals surface area contributed by atoms with Gasteiger partial charge in [-0.15, -0.1) is 0 Å². The summed E-state index contributed by atoms with van der Waals surface area (Å²) >= 11 is 2.25. The van der Waals surface area contributed by atoms with Crippen molar-refractivity contribution >= 4 is 28.4 Å². The molecule has 0 bridgehead atoms. The van der Waals surface area contributed by atoms with Crippen LogP contribution in [-0.2, 0) is 0 Å². The maximum atomic E-state index is 5.95. The molecule has 0 spiro atoms. The lowest BCUT2D eigenvalue weighted by atomic mass is 10.1. The van der Waals surface area contributed by atoms with Gasteiger partial charge in [0.2, 0.25) is 5.88 Å². The summed E-state index contributed by atoms with van der Waals surface area (Å²) in [5, 5.41) is 3.08. The highest BCUT2D eigenvalue weighted by Crippen LogP contribution is 2.34. The van der Waals surface area contributed by atoms with Gasteiger partial charge in [-0.1, -0.05) is 26.0 Å². The first kappa shape index (κ1) is 14.0. The molecule has 0 aliphatic carbocycles. The molecule has 0 atom stereocenters. The van der Waals surface area contributed by atoms with Crippen molar-refractivity contribution in [3.63, 3.8) is 0 Å². The van der Waals surface area contributed by atoms with Crippen LogP contribution in [0.4, 0.5) is 5.82 Å². The molecule has 0 unspecified atom stereocenters. The van der Waals surface area contributed by atoms with E-state index in [-0.39, 0.29) is 5.92 Å². The smallest absolute Gasteiger partial charge is 0.227 e. The van der Waals surface area contributed by atoms with Crippen LogP contribution in [0.1, 0.15) is 25.3 Å². The number of nitrogens with zero attached hydrogens (tertiary/aromatic N) is 2. The van der Waals surface area contributed by atoms with Crippen molar-refractivity contribution < 1.29 is 4.74 Å². The first-order chi connectivity index (χ1) is 9.13. The first-order valence-electron chi connectivity index (χ1n) is 6.08. The van der Waals surface area contributed by atoms with Gasteiger partial charge in [0.1, 0.15) is 17.9 Å². The van der Waals surface area contributed by atoms with E-state index in [1.165, 1.54) is 6.33 Å². The zero-order chi connectivity index (χ0) is 13.8. The van der Waals surface area contributed by atoms with Crippen molar-refractivity contribution in [1.29, 1.82) is 0 Å². The molecule has 0 fully saturated rings. The van der Waals surface area contributed by atoms with Crippen LogP contribution in [0, 0.1) is 3.57 Å². The minimum Gasteiger partial charge on any atom is -0.437 e. The van der Waals surface area contributed by atoms with Crippen molar-refractivity contribution in [1.82, 2.24) is 9.97 Å². The van der Waals surface area contributed by atoms with Gasteiger partial charge in [-0.25, -0.2) is 9.97 Å². The van der Waals surface area contributed by atoms with Crippen LogP contribution in [-0.4, -0.2) is 17.0 Å². The van der Waals surface area contributed by atoms with Gasteiger partial charge in [0.15, 0.2) is 0 Å². The Hall–Kier alpha value is -1.37. The molecule has 1 aromatic carbocycles. The minimum absolute atomic E-state index is 0.278. The van der Waals surface area contributed by atoms with E-state index in [1.807, 2.05) is 31.3 Å². The molecular formula is C14H16IN3O. The number of ether oxygens (including phenoxy) is 1. The van der Waals surface area contributed by atoms with Crippen molar-refractivity contribution in [3.8, 4) is 11.6 Å². The number of halogens is 1. The lowest BCUT2D eigenvalue weighted by Gasteiger charge is -2.16. The van der Waals surface area contributed by atoms with Crippen LogP contribution in [0.25, 0.3) is 0 Å². The number of hydrogen-bond donors (Lipinski definition) is 1. The second-order valence-corrected chi connectivity index (χ2v) is 5.54. The molecule has 100 valence electrons. The summed E-state index contributed by atoms with van der Waals surface area (Å²) < 4.78 is 7.00. The molecular weight excluding hydrogens is 353 g/mol. The van der Waals surface area contributed by atoms with E-state index < -0.39 is 0 Å². The second-order valence-electron chi connectivity index (χ2n) is 4.38. The average molecular weight is 369 g/mol. The van der Waals surface area contributed by atoms with Crippen LogP contribution in [0.5, 0.6) is 11.6 Å². The highest BCUT2D eigenvalue weighted by atomic mass is 127. The maximum Gasteiger partial charge on any atom is 0.227 e. The van der Waals surface area contributed by atoms with Gasteiger partial charge in [0.05, 0.1) is 9.13 Å². The Morgan fingerprint density at radius 2 is 1.95 bits per heavy atom. The molecule has 2 rings (SSSR count). The van der Waals surface area contributed by atoms with Crippen molar-refractivity contribution in [2.75, 3.05) is 12.4 Å². The van der Waals surface area contributed by atoms with Gasteiger partial charge in [-0.2, -0.15) is 0 Å². The fraction of sp³-hybridized carbons (Fsp3) is 0.286. The van der Waals surface area contributed by atoms with Crippen molar-refractivity contribution in [2.45, 2.75) is 19.8 Å². The Kier molecular flexibility index (Phi) is 4.57. The third kappa shape index (κ3) is 3.15. The lowest BCUT2D eigenvalue weighted by Crippen LogP contribution is -2.05. The normalized spacial score (nSPS) is 10.6. The molecule has 1 heterocycles. The molecule has 4 nitrogen and oxygen atoms in total. The summed E-state index contributed by atoms with van der Waals surface area (Å²) in [5.41, 5.74) is 0.990. The Morgan fingerprint density at radius 1 is 1.21 bits per heavy atom. The molecule has 0 radical (unpaired) electrons. The van der Waals surface area contributed by atoms with E-state index in [0.29, 0.717) is 5.88 Å². The molecule has 2 aromatic rings. The first-order valence-corrected chi connectivity index (χ1v) is 7.16. The molecule has 19 heavy (non-hydrogen) atoms. The van der Waals surface area contributed by atoms with Gasteiger partial charge >= 0.3 is 0 Å². The number of nitrogens with one attached hydrogen (secondary N) is 1. The van der Waals surface area contributed by atoms with E-state index in [9.17, 15) is 0 Å². The monoisotopic (exact) mass is 369 g/mol. The predicted molar refractivity (Wildman–Crippen MR) is 84.9 cm³/mol. The fourth-order valence-corrected chi connectivity index (χ4v) is 2.31. The number of para-hydroxylation sites is 1. The molecule has 0 aliphatic rings. The summed E-state index contributed by atoms with van der Waals surface area (Å²) in [6.07, 6.45) is 1.52. The zero-order valence-electron chi connectivity index (χ0n) is 11.1. The summed E-state index contributed by atoms with van der Waals surface area (Å²) in [7, 11) is 1.85. The van der Waals surface area contributed by atoms with E-state index in [0.717, 1.165) is 20.7 Å². The maximum absolute atomic E-state index is 5.95. The molecule has 1 N–H and O–H groups in total. The van der Waals surface area contributed by atoms with Gasteiger partial charge in [-0.05, 0) is 40.6 Å². The summed E-state index contributed by atoms with van der Waals surface area (Å²) in [6, 6.07) is 7.88. The zero-order valence-corrected chi connectivity index (χ0v) is 13.3.